The van der Waals surface area contributed by atoms with Gasteiger partial charge in [-0.05, 0) is 43.1 Å². The van der Waals surface area contributed by atoms with Crippen molar-refractivity contribution in [2.75, 3.05) is 20.8 Å². The third-order valence-electron chi connectivity index (χ3n) is 3.35. The van der Waals surface area contributed by atoms with Crippen LogP contribution in [-0.4, -0.2) is 37.3 Å². The average Bonchev–Trinajstić information content (AvgIpc) is 2.81. The van der Waals surface area contributed by atoms with Crippen molar-refractivity contribution in [1.29, 1.82) is 0 Å². The number of ether oxygens (including phenoxy) is 1. The van der Waals surface area contributed by atoms with Gasteiger partial charge >= 0.3 is 0 Å². The van der Waals surface area contributed by atoms with Crippen molar-refractivity contribution in [3.05, 3.63) is 36.0 Å². The Labute approximate surface area is 125 Å². The number of hydrogen-bond donors (Lipinski definition) is 2. The van der Waals surface area contributed by atoms with Gasteiger partial charge in [0.2, 0.25) is 5.91 Å². The normalized spacial score (nSPS) is 12.5. The maximum Gasteiger partial charge on any atom is 0.240 e. The first-order valence-electron chi connectivity index (χ1n) is 7.14. The SMILES string of the molecule is CNCc1ccc2c(ccn2CC(=O)NC(C)COC)c1. The van der Waals surface area contributed by atoms with Crippen LogP contribution in [0.3, 0.4) is 0 Å². The van der Waals surface area contributed by atoms with Gasteiger partial charge in [0.1, 0.15) is 6.54 Å². The van der Waals surface area contributed by atoms with Gasteiger partial charge < -0.3 is 19.9 Å². The highest BCUT2D eigenvalue weighted by molar-refractivity contribution is 5.84. The second-order valence-electron chi connectivity index (χ2n) is 5.29. The molecule has 1 aromatic carbocycles. The summed E-state index contributed by atoms with van der Waals surface area (Å²) in [6, 6.07) is 8.36. The summed E-state index contributed by atoms with van der Waals surface area (Å²) in [5, 5.41) is 7.21. The molecule has 0 saturated heterocycles. The number of nitrogens with zero attached hydrogens (tertiary/aromatic N) is 1. The second kappa shape index (κ2) is 7.24. The van der Waals surface area contributed by atoms with Crippen LogP contribution in [0.1, 0.15) is 12.5 Å². The number of amides is 1. The number of methoxy groups -OCH3 is 1. The molecule has 0 saturated carbocycles. The van der Waals surface area contributed by atoms with Gasteiger partial charge in [-0.1, -0.05) is 6.07 Å². The third kappa shape index (κ3) is 4.06. The van der Waals surface area contributed by atoms with Crippen molar-refractivity contribution in [2.24, 2.45) is 0 Å². The van der Waals surface area contributed by atoms with E-state index in [-0.39, 0.29) is 11.9 Å². The number of hydrogen-bond acceptors (Lipinski definition) is 3. The molecule has 0 bridgehead atoms. The zero-order valence-corrected chi connectivity index (χ0v) is 12.8. The molecule has 2 aromatic rings. The van der Waals surface area contributed by atoms with E-state index < -0.39 is 0 Å². The molecule has 0 radical (unpaired) electrons. The lowest BCUT2D eigenvalue weighted by molar-refractivity contribution is -0.122. The van der Waals surface area contributed by atoms with E-state index in [0.29, 0.717) is 13.2 Å². The van der Waals surface area contributed by atoms with Gasteiger partial charge in [0, 0.05) is 31.4 Å². The van der Waals surface area contributed by atoms with Gasteiger partial charge in [0.05, 0.1) is 6.61 Å². The predicted octanol–water partition coefficient (Wildman–Crippen LogP) is 1.51. The Morgan fingerprint density at radius 1 is 1.38 bits per heavy atom. The van der Waals surface area contributed by atoms with Crippen molar-refractivity contribution in [3.63, 3.8) is 0 Å². The summed E-state index contributed by atoms with van der Waals surface area (Å²) < 4.78 is 6.98. The molecule has 1 heterocycles. The van der Waals surface area contributed by atoms with Crippen LogP contribution < -0.4 is 10.6 Å². The van der Waals surface area contributed by atoms with E-state index in [2.05, 4.69) is 28.8 Å². The van der Waals surface area contributed by atoms with Gasteiger partial charge in [-0.25, -0.2) is 0 Å². The van der Waals surface area contributed by atoms with Crippen LogP contribution in [0.5, 0.6) is 0 Å². The van der Waals surface area contributed by atoms with E-state index in [9.17, 15) is 4.79 Å². The Morgan fingerprint density at radius 2 is 2.19 bits per heavy atom. The van der Waals surface area contributed by atoms with Crippen LogP contribution in [0.25, 0.3) is 10.9 Å². The Kier molecular flexibility index (Phi) is 5.36. The standard InChI is InChI=1S/C16H23N3O2/c1-12(11-21-3)18-16(20)10-19-7-6-14-8-13(9-17-2)4-5-15(14)19/h4-8,12,17H,9-11H2,1-3H3,(H,18,20). The van der Waals surface area contributed by atoms with E-state index in [4.69, 9.17) is 4.74 Å². The van der Waals surface area contributed by atoms with Crippen molar-refractivity contribution in [3.8, 4) is 0 Å². The van der Waals surface area contributed by atoms with Crippen LogP contribution in [0.4, 0.5) is 0 Å². The first-order valence-corrected chi connectivity index (χ1v) is 7.14. The highest BCUT2D eigenvalue weighted by Crippen LogP contribution is 2.17. The molecule has 5 heteroatoms. The van der Waals surface area contributed by atoms with Crippen LogP contribution in [-0.2, 0) is 22.6 Å². The molecule has 1 unspecified atom stereocenters. The third-order valence-corrected chi connectivity index (χ3v) is 3.35. The van der Waals surface area contributed by atoms with Crippen molar-refractivity contribution < 1.29 is 9.53 Å². The van der Waals surface area contributed by atoms with Crippen LogP contribution in [0, 0.1) is 0 Å². The van der Waals surface area contributed by atoms with Gasteiger partial charge in [-0.2, -0.15) is 0 Å². The number of aromatic nitrogens is 1. The molecule has 1 aromatic heterocycles. The minimum Gasteiger partial charge on any atom is -0.383 e. The summed E-state index contributed by atoms with van der Waals surface area (Å²) >= 11 is 0. The maximum atomic E-state index is 12.0. The van der Waals surface area contributed by atoms with Gasteiger partial charge in [-0.15, -0.1) is 0 Å². The number of carbonyl (C=O) groups excluding carboxylic acids is 1. The number of fused-ring (bicyclic) bond motifs is 1. The van der Waals surface area contributed by atoms with Crippen molar-refractivity contribution in [1.82, 2.24) is 15.2 Å². The summed E-state index contributed by atoms with van der Waals surface area (Å²) in [4.78, 5) is 12.0. The lowest BCUT2D eigenvalue weighted by atomic mass is 10.1. The molecule has 1 amide bonds. The van der Waals surface area contributed by atoms with Gasteiger partial charge in [0.25, 0.3) is 0 Å². The Hall–Kier alpha value is -1.85. The molecule has 0 spiro atoms. The zero-order chi connectivity index (χ0) is 15.2. The summed E-state index contributed by atoms with van der Waals surface area (Å²) in [6.45, 7) is 3.61. The van der Waals surface area contributed by atoms with Gasteiger partial charge in [-0.3, -0.25) is 4.79 Å². The fourth-order valence-corrected chi connectivity index (χ4v) is 2.47. The average molecular weight is 289 g/mol. The quantitative estimate of drug-likeness (QED) is 0.812. The molecule has 5 nitrogen and oxygen atoms in total. The lowest BCUT2D eigenvalue weighted by Crippen LogP contribution is -2.37. The van der Waals surface area contributed by atoms with Crippen LogP contribution in [0.15, 0.2) is 30.5 Å². The highest BCUT2D eigenvalue weighted by Gasteiger charge is 2.09. The molecule has 0 aliphatic carbocycles. The molecule has 1 atom stereocenters. The number of carbonyl (C=O) groups is 1. The predicted molar refractivity (Wildman–Crippen MR) is 84.2 cm³/mol. The zero-order valence-electron chi connectivity index (χ0n) is 12.8. The smallest absolute Gasteiger partial charge is 0.240 e. The maximum absolute atomic E-state index is 12.0. The summed E-state index contributed by atoms with van der Waals surface area (Å²) in [6.07, 6.45) is 1.95. The fourth-order valence-electron chi connectivity index (χ4n) is 2.47. The first kappa shape index (κ1) is 15.5. The largest absolute Gasteiger partial charge is 0.383 e. The van der Waals surface area contributed by atoms with E-state index in [1.54, 1.807) is 7.11 Å². The second-order valence-corrected chi connectivity index (χ2v) is 5.29. The summed E-state index contributed by atoms with van der Waals surface area (Å²) in [5.41, 5.74) is 2.31. The summed E-state index contributed by atoms with van der Waals surface area (Å²) in [5.74, 6) is -0.00338. The van der Waals surface area contributed by atoms with Crippen LogP contribution >= 0.6 is 0 Å². The number of nitrogens with one attached hydrogen (secondary N) is 2. The molecule has 0 aliphatic rings. The Balaban J connectivity index is 2.07. The minimum atomic E-state index is -0.00338. The van der Waals surface area contributed by atoms with Gasteiger partial charge in [0.15, 0.2) is 0 Å². The molecule has 21 heavy (non-hydrogen) atoms. The minimum absolute atomic E-state index is 0.00338. The number of rotatable bonds is 7. The lowest BCUT2D eigenvalue weighted by Gasteiger charge is -2.13. The molecular formula is C16H23N3O2. The van der Waals surface area contributed by atoms with E-state index >= 15 is 0 Å². The first-order chi connectivity index (χ1) is 10.1. The summed E-state index contributed by atoms with van der Waals surface area (Å²) in [7, 11) is 3.56. The Morgan fingerprint density at radius 3 is 2.90 bits per heavy atom. The molecule has 0 fully saturated rings. The molecule has 114 valence electrons. The molecular weight excluding hydrogens is 266 g/mol. The van der Waals surface area contributed by atoms with E-state index in [1.807, 2.05) is 30.8 Å². The van der Waals surface area contributed by atoms with Crippen molar-refractivity contribution >= 4 is 16.8 Å². The fraction of sp³-hybridized carbons (Fsp3) is 0.438. The van der Waals surface area contributed by atoms with Crippen LogP contribution in [0.2, 0.25) is 0 Å². The molecule has 0 aliphatic heterocycles. The highest BCUT2D eigenvalue weighted by atomic mass is 16.5. The Bertz CT molecular complexity index is 607. The van der Waals surface area contributed by atoms with E-state index in [0.717, 1.165) is 17.4 Å². The molecule has 2 N–H and O–H groups in total. The van der Waals surface area contributed by atoms with E-state index in [1.165, 1.54) is 5.56 Å². The topological polar surface area (TPSA) is 55.3 Å². The van der Waals surface area contributed by atoms with Crippen molar-refractivity contribution in [2.45, 2.75) is 26.1 Å². The monoisotopic (exact) mass is 289 g/mol. The molecule has 2 rings (SSSR count). The number of benzene rings is 1.